The molecule has 1 aliphatic heterocycles. The van der Waals surface area contributed by atoms with Crippen LogP contribution in [0.4, 0.5) is 0 Å². The molecule has 2 rings (SSSR count). The minimum Gasteiger partial charge on any atom is -0.377 e. The second-order valence-corrected chi connectivity index (χ2v) is 6.15. The quantitative estimate of drug-likeness (QED) is 0.897. The molecule has 2 heterocycles. The van der Waals surface area contributed by atoms with E-state index in [1.807, 2.05) is 0 Å². The third-order valence-electron chi connectivity index (χ3n) is 3.37. The highest BCUT2D eigenvalue weighted by atomic mass is 32.1. The van der Waals surface area contributed by atoms with Gasteiger partial charge in [0.2, 0.25) is 0 Å². The topological polar surface area (TPSA) is 34.2 Å². The SMILES string of the molecule is Cc1nc(C)c(C(C)NC(C)C2CCCO2)s1. The number of hydrogen-bond donors (Lipinski definition) is 1. The number of rotatable bonds is 4. The summed E-state index contributed by atoms with van der Waals surface area (Å²) in [6.07, 6.45) is 2.76. The summed E-state index contributed by atoms with van der Waals surface area (Å²) < 4.78 is 5.71. The van der Waals surface area contributed by atoms with Gasteiger partial charge in [-0.25, -0.2) is 4.98 Å². The van der Waals surface area contributed by atoms with Gasteiger partial charge < -0.3 is 10.1 Å². The van der Waals surface area contributed by atoms with Crippen LogP contribution in [-0.2, 0) is 4.74 Å². The predicted molar refractivity (Wildman–Crippen MR) is 71.6 cm³/mol. The maximum Gasteiger partial charge on any atom is 0.0900 e. The molecule has 3 unspecified atom stereocenters. The fraction of sp³-hybridized carbons (Fsp3) is 0.769. The molecular weight excluding hydrogens is 232 g/mol. The number of aryl methyl sites for hydroxylation is 2. The zero-order chi connectivity index (χ0) is 12.4. The lowest BCUT2D eigenvalue weighted by molar-refractivity contribution is 0.0805. The zero-order valence-electron chi connectivity index (χ0n) is 11.1. The van der Waals surface area contributed by atoms with E-state index in [1.165, 1.54) is 17.7 Å². The fourth-order valence-corrected chi connectivity index (χ4v) is 3.46. The Kier molecular flexibility index (Phi) is 4.17. The van der Waals surface area contributed by atoms with Gasteiger partial charge in [-0.1, -0.05) is 0 Å². The summed E-state index contributed by atoms with van der Waals surface area (Å²) in [5, 5.41) is 4.79. The second kappa shape index (κ2) is 5.46. The molecule has 1 N–H and O–H groups in total. The molecule has 1 aromatic rings. The Morgan fingerprint density at radius 1 is 1.41 bits per heavy atom. The van der Waals surface area contributed by atoms with Crippen molar-refractivity contribution in [2.24, 2.45) is 0 Å². The van der Waals surface area contributed by atoms with Crippen LogP contribution in [0.5, 0.6) is 0 Å². The summed E-state index contributed by atoms with van der Waals surface area (Å²) in [5.41, 5.74) is 1.16. The molecule has 3 atom stereocenters. The first kappa shape index (κ1) is 13.0. The van der Waals surface area contributed by atoms with Crippen LogP contribution >= 0.6 is 11.3 Å². The molecule has 0 bridgehead atoms. The smallest absolute Gasteiger partial charge is 0.0900 e. The van der Waals surface area contributed by atoms with Crippen LogP contribution in [0.25, 0.3) is 0 Å². The first-order chi connectivity index (χ1) is 8.08. The summed E-state index contributed by atoms with van der Waals surface area (Å²) in [7, 11) is 0. The van der Waals surface area contributed by atoms with Gasteiger partial charge in [-0.3, -0.25) is 0 Å². The van der Waals surface area contributed by atoms with Gasteiger partial charge in [0, 0.05) is 23.6 Å². The maximum absolute atomic E-state index is 5.71. The molecule has 1 aliphatic rings. The van der Waals surface area contributed by atoms with Crippen molar-refractivity contribution in [3.8, 4) is 0 Å². The predicted octanol–water partition coefficient (Wildman–Crippen LogP) is 2.98. The van der Waals surface area contributed by atoms with Gasteiger partial charge in [0.1, 0.15) is 0 Å². The summed E-state index contributed by atoms with van der Waals surface area (Å²) in [6, 6.07) is 0.773. The number of ether oxygens (including phenoxy) is 1. The molecule has 0 aromatic carbocycles. The highest BCUT2D eigenvalue weighted by molar-refractivity contribution is 7.11. The Labute approximate surface area is 108 Å². The summed E-state index contributed by atoms with van der Waals surface area (Å²) >= 11 is 1.79. The average Bonchev–Trinajstić information content (AvgIpc) is 2.87. The first-order valence-corrected chi connectivity index (χ1v) is 7.21. The Balaban J connectivity index is 1.96. The standard InChI is InChI=1S/C13H22N2OS/c1-8(12-6-5-7-16-12)14-9(2)13-10(3)15-11(4)17-13/h8-9,12,14H,5-7H2,1-4H3. The van der Waals surface area contributed by atoms with Gasteiger partial charge in [0.15, 0.2) is 0 Å². The van der Waals surface area contributed by atoms with E-state index in [2.05, 4.69) is 38.0 Å². The molecule has 0 spiro atoms. The van der Waals surface area contributed by atoms with E-state index in [0.29, 0.717) is 18.2 Å². The Morgan fingerprint density at radius 3 is 2.71 bits per heavy atom. The molecule has 1 saturated heterocycles. The third kappa shape index (κ3) is 3.06. The van der Waals surface area contributed by atoms with E-state index in [4.69, 9.17) is 4.74 Å². The summed E-state index contributed by atoms with van der Waals surface area (Å²) in [4.78, 5) is 5.84. The number of nitrogens with zero attached hydrogens (tertiary/aromatic N) is 1. The van der Waals surface area contributed by atoms with Gasteiger partial charge in [-0.05, 0) is 40.5 Å². The lowest BCUT2D eigenvalue weighted by Gasteiger charge is -2.24. The fourth-order valence-electron chi connectivity index (χ4n) is 2.52. The normalized spacial score (nSPS) is 23.9. The Bertz CT molecular complexity index is 371. The summed E-state index contributed by atoms with van der Waals surface area (Å²) in [6.45, 7) is 9.51. The largest absolute Gasteiger partial charge is 0.377 e. The molecule has 0 aliphatic carbocycles. The molecule has 0 amide bonds. The van der Waals surface area contributed by atoms with Crippen molar-refractivity contribution in [2.75, 3.05) is 6.61 Å². The molecule has 3 nitrogen and oxygen atoms in total. The van der Waals surface area contributed by atoms with E-state index >= 15 is 0 Å². The molecule has 1 aromatic heterocycles. The lowest BCUT2D eigenvalue weighted by atomic mass is 10.1. The minimum absolute atomic E-state index is 0.361. The molecule has 4 heteroatoms. The van der Waals surface area contributed by atoms with E-state index in [-0.39, 0.29) is 0 Å². The molecule has 0 saturated carbocycles. The zero-order valence-corrected chi connectivity index (χ0v) is 11.9. The lowest BCUT2D eigenvalue weighted by Crippen LogP contribution is -2.38. The molecule has 1 fully saturated rings. The number of hydrogen-bond acceptors (Lipinski definition) is 4. The number of thiazole rings is 1. The van der Waals surface area contributed by atoms with Gasteiger partial charge in [-0.2, -0.15) is 0 Å². The van der Waals surface area contributed by atoms with Crippen LogP contribution in [0.15, 0.2) is 0 Å². The maximum atomic E-state index is 5.71. The van der Waals surface area contributed by atoms with Gasteiger partial charge in [0.25, 0.3) is 0 Å². The molecular formula is C13H22N2OS. The van der Waals surface area contributed by atoms with Crippen LogP contribution < -0.4 is 5.32 Å². The minimum atomic E-state index is 0.361. The van der Waals surface area contributed by atoms with Gasteiger partial charge in [-0.15, -0.1) is 11.3 Å². The molecule has 96 valence electrons. The number of nitrogens with one attached hydrogen (secondary N) is 1. The summed E-state index contributed by atoms with van der Waals surface area (Å²) in [5.74, 6) is 0. The first-order valence-electron chi connectivity index (χ1n) is 6.39. The van der Waals surface area contributed by atoms with Crippen LogP contribution in [0.1, 0.15) is 48.3 Å². The number of aromatic nitrogens is 1. The van der Waals surface area contributed by atoms with Crippen molar-refractivity contribution in [3.63, 3.8) is 0 Å². The third-order valence-corrected chi connectivity index (χ3v) is 4.62. The van der Waals surface area contributed by atoms with Crippen LogP contribution in [0, 0.1) is 13.8 Å². The monoisotopic (exact) mass is 254 g/mol. The van der Waals surface area contributed by atoms with Crippen molar-refractivity contribution in [3.05, 3.63) is 15.6 Å². The van der Waals surface area contributed by atoms with Gasteiger partial charge in [0.05, 0.1) is 16.8 Å². The van der Waals surface area contributed by atoms with Crippen LogP contribution in [-0.4, -0.2) is 23.7 Å². The van der Waals surface area contributed by atoms with Crippen molar-refractivity contribution >= 4 is 11.3 Å². The Morgan fingerprint density at radius 2 is 2.18 bits per heavy atom. The van der Waals surface area contributed by atoms with Crippen molar-refractivity contribution in [2.45, 2.75) is 58.7 Å². The molecule has 0 radical (unpaired) electrons. The van der Waals surface area contributed by atoms with Crippen LogP contribution in [0.3, 0.4) is 0 Å². The van der Waals surface area contributed by atoms with Crippen LogP contribution in [0.2, 0.25) is 0 Å². The highest BCUT2D eigenvalue weighted by Gasteiger charge is 2.24. The highest BCUT2D eigenvalue weighted by Crippen LogP contribution is 2.26. The molecule has 17 heavy (non-hydrogen) atoms. The second-order valence-electron chi connectivity index (χ2n) is 4.91. The van der Waals surface area contributed by atoms with E-state index < -0.39 is 0 Å². The van der Waals surface area contributed by atoms with Gasteiger partial charge >= 0.3 is 0 Å². The van der Waals surface area contributed by atoms with E-state index in [0.717, 1.165) is 17.3 Å². The van der Waals surface area contributed by atoms with Crippen molar-refractivity contribution in [1.82, 2.24) is 10.3 Å². The van der Waals surface area contributed by atoms with Crippen molar-refractivity contribution in [1.29, 1.82) is 0 Å². The average molecular weight is 254 g/mol. The van der Waals surface area contributed by atoms with E-state index in [9.17, 15) is 0 Å². The van der Waals surface area contributed by atoms with E-state index in [1.54, 1.807) is 11.3 Å². The Hall–Kier alpha value is -0.450. The van der Waals surface area contributed by atoms with Crippen molar-refractivity contribution < 1.29 is 4.74 Å².